The van der Waals surface area contributed by atoms with Crippen LogP contribution in [0.25, 0.3) is 0 Å². The first-order valence-electron chi connectivity index (χ1n) is 8.95. The van der Waals surface area contributed by atoms with Crippen LogP contribution in [-0.2, 0) is 5.41 Å². The third-order valence-electron chi connectivity index (χ3n) is 4.45. The van der Waals surface area contributed by atoms with Crippen LogP contribution in [0, 0.1) is 0 Å². The first-order chi connectivity index (χ1) is 12.2. The number of hydrogen-bond acceptors (Lipinski definition) is 4. The standard InChI is InChI=1S/C22H27N3O/c1-22(2,3)17-11-9-15(10-12-17)20-21(16-7-6-8-18(26)13-16)24-19(23-20)14-25(4)5/h6-13,19,26H,14H2,1-5H3. The van der Waals surface area contributed by atoms with E-state index in [1.54, 1.807) is 12.1 Å². The Hall–Kier alpha value is -2.46. The number of phenolic OH excluding ortho intramolecular Hbond substituents is 1. The zero-order valence-corrected chi connectivity index (χ0v) is 16.2. The highest BCUT2D eigenvalue weighted by Crippen LogP contribution is 2.25. The molecule has 136 valence electrons. The van der Waals surface area contributed by atoms with Crippen molar-refractivity contribution in [3.63, 3.8) is 0 Å². The molecule has 0 fully saturated rings. The summed E-state index contributed by atoms with van der Waals surface area (Å²) in [6.45, 7) is 7.39. The van der Waals surface area contributed by atoms with Gasteiger partial charge in [-0.15, -0.1) is 0 Å². The van der Waals surface area contributed by atoms with Crippen molar-refractivity contribution < 1.29 is 5.11 Å². The predicted octanol–water partition coefficient (Wildman–Crippen LogP) is 3.87. The molecular formula is C22H27N3O. The number of rotatable bonds is 4. The van der Waals surface area contributed by atoms with Crippen LogP contribution >= 0.6 is 0 Å². The Labute approximate surface area is 155 Å². The van der Waals surface area contributed by atoms with Gasteiger partial charge in [-0.1, -0.05) is 57.2 Å². The van der Waals surface area contributed by atoms with Crippen molar-refractivity contribution in [3.05, 3.63) is 65.2 Å². The van der Waals surface area contributed by atoms with E-state index in [4.69, 9.17) is 9.98 Å². The highest BCUT2D eigenvalue weighted by molar-refractivity contribution is 6.54. The number of aromatic hydroxyl groups is 1. The van der Waals surface area contributed by atoms with Crippen LogP contribution in [0.5, 0.6) is 5.75 Å². The maximum Gasteiger partial charge on any atom is 0.153 e. The number of phenols is 1. The van der Waals surface area contributed by atoms with Gasteiger partial charge in [0.1, 0.15) is 5.75 Å². The third-order valence-corrected chi connectivity index (χ3v) is 4.45. The van der Waals surface area contributed by atoms with Gasteiger partial charge in [0.2, 0.25) is 0 Å². The summed E-state index contributed by atoms with van der Waals surface area (Å²) in [6.07, 6.45) is -0.125. The molecule has 0 amide bonds. The van der Waals surface area contributed by atoms with Crippen LogP contribution in [0.15, 0.2) is 58.5 Å². The number of benzene rings is 2. The summed E-state index contributed by atoms with van der Waals surface area (Å²) in [6, 6.07) is 15.8. The molecule has 2 aromatic carbocycles. The number of hydrogen-bond donors (Lipinski definition) is 1. The number of aliphatic imine (C=N–C) groups is 2. The lowest BCUT2D eigenvalue weighted by molar-refractivity contribution is 0.380. The molecule has 3 rings (SSSR count). The summed E-state index contributed by atoms with van der Waals surface area (Å²) in [5, 5.41) is 9.86. The average Bonchev–Trinajstić information content (AvgIpc) is 2.97. The monoisotopic (exact) mass is 349 g/mol. The minimum Gasteiger partial charge on any atom is -0.508 e. The molecule has 1 heterocycles. The molecule has 4 nitrogen and oxygen atoms in total. The van der Waals surface area contributed by atoms with E-state index in [9.17, 15) is 5.11 Å². The Kier molecular flexibility index (Phi) is 4.97. The maximum atomic E-state index is 9.86. The van der Waals surface area contributed by atoms with Crippen molar-refractivity contribution in [1.29, 1.82) is 0 Å². The Morgan fingerprint density at radius 3 is 2.08 bits per heavy atom. The Balaban J connectivity index is 2.00. The molecule has 1 N–H and O–H groups in total. The van der Waals surface area contributed by atoms with Crippen LogP contribution in [0.2, 0.25) is 0 Å². The molecule has 1 aliphatic rings. The second-order valence-corrected chi connectivity index (χ2v) is 8.08. The van der Waals surface area contributed by atoms with E-state index in [1.165, 1.54) is 5.56 Å². The second kappa shape index (κ2) is 7.04. The lowest BCUT2D eigenvalue weighted by Crippen LogP contribution is -2.22. The topological polar surface area (TPSA) is 48.2 Å². The molecule has 0 aliphatic carbocycles. The van der Waals surface area contributed by atoms with Crippen molar-refractivity contribution in [3.8, 4) is 5.75 Å². The van der Waals surface area contributed by atoms with E-state index in [0.29, 0.717) is 0 Å². The normalized spacial score (nSPS) is 17.4. The van der Waals surface area contributed by atoms with Gasteiger partial charge in [0.25, 0.3) is 0 Å². The average molecular weight is 349 g/mol. The number of nitrogens with zero attached hydrogens (tertiary/aromatic N) is 3. The van der Waals surface area contributed by atoms with Crippen molar-refractivity contribution in [2.75, 3.05) is 20.6 Å². The van der Waals surface area contributed by atoms with Gasteiger partial charge in [-0.05, 0) is 37.2 Å². The molecule has 4 heteroatoms. The lowest BCUT2D eigenvalue weighted by Gasteiger charge is -2.19. The Morgan fingerprint density at radius 2 is 1.54 bits per heavy atom. The van der Waals surface area contributed by atoms with Crippen LogP contribution in [0.3, 0.4) is 0 Å². The fourth-order valence-electron chi connectivity index (χ4n) is 3.06. The van der Waals surface area contributed by atoms with E-state index < -0.39 is 0 Å². The SMILES string of the molecule is CN(C)CC1N=C(c2ccc(C(C)(C)C)cc2)C(c2cccc(O)c2)=N1. The van der Waals surface area contributed by atoms with Crippen molar-refractivity contribution in [1.82, 2.24) is 4.90 Å². The summed E-state index contributed by atoms with van der Waals surface area (Å²) in [4.78, 5) is 11.8. The molecule has 0 aromatic heterocycles. The van der Waals surface area contributed by atoms with Gasteiger partial charge in [-0.25, -0.2) is 0 Å². The van der Waals surface area contributed by atoms with Gasteiger partial charge in [-0.2, -0.15) is 0 Å². The highest BCUT2D eigenvalue weighted by Gasteiger charge is 2.24. The van der Waals surface area contributed by atoms with Crippen molar-refractivity contribution >= 4 is 11.4 Å². The summed E-state index contributed by atoms with van der Waals surface area (Å²) in [7, 11) is 4.05. The van der Waals surface area contributed by atoms with Gasteiger partial charge in [0.05, 0.1) is 11.4 Å². The molecule has 0 radical (unpaired) electrons. The highest BCUT2D eigenvalue weighted by atomic mass is 16.3. The zero-order valence-electron chi connectivity index (χ0n) is 16.2. The summed E-state index contributed by atoms with van der Waals surface area (Å²) in [5.41, 5.74) is 5.09. The minimum absolute atomic E-state index is 0.117. The summed E-state index contributed by atoms with van der Waals surface area (Å²) >= 11 is 0. The Morgan fingerprint density at radius 1 is 0.923 bits per heavy atom. The van der Waals surface area contributed by atoms with E-state index in [-0.39, 0.29) is 17.3 Å². The number of likely N-dealkylation sites (N-methyl/N-ethyl adjacent to an activating group) is 1. The molecule has 0 spiro atoms. The fraction of sp³-hybridized carbons (Fsp3) is 0.364. The van der Waals surface area contributed by atoms with E-state index in [0.717, 1.165) is 29.1 Å². The van der Waals surface area contributed by atoms with Gasteiger partial charge < -0.3 is 10.0 Å². The second-order valence-electron chi connectivity index (χ2n) is 8.08. The van der Waals surface area contributed by atoms with Gasteiger partial charge >= 0.3 is 0 Å². The van der Waals surface area contributed by atoms with Crippen LogP contribution in [-0.4, -0.2) is 48.2 Å². The maximum absolute atomic E-state index is 9.86. The van der Waals surface area contributed by atoms with Crippen molar-refractivity contribution in [2.45, 2.75) is 32.4 Å². The van der Waals surface area contributed by atoms with Gasteiger partial charge in [-0.3, -0.25) is 9.98 Å². The van der Waals surface area contributed by atoms with E-state index in [2.05, 4.69) is 49.9 Å². The molecule has 1 aliphatic heterocycles. The third kappa shape index (κ3) is 4.02. The Bertz CT molecular complexity index is 842. The molecule has 0 bridgehead atoms. The first kappa shape index (κ1) is 18.3. The lowest BCUT2D eigenvalue weighted by atomic mass is 9.86. The molecule has 0 saturated heterocycles. The summed E-state index contributed by atoms with van der Waals surface area (Å²) in [5.74, 6) is 0.240. The molecule has 1 atom stereocenters. The minimum atomic E-state index is -0.125. The smallest absolute Gasteiger partial charge is 0.153 e. The van der Waals surface area contributed by atoms with Crippen molar-refractivity contribution in [2.24, 2.45) is 9.98 Å². The summed E-state index contributed by atoms with van der Waals surface area (Å²) < 4.78 is 0. The predicted molar refractivity (Wildman–Crippen MR) is 109 cm³/mol. The fourth-order valence-corrected chi connectivity index (χ4v) is 3.06. The largest absolute Gasteiger partial charge is 0.508 e. The molecule has 0 saturated carbocycles. The zero-order chi connectivity index (χ0) is 18.9. The molecule has 1 unspecified atom stereocenters. The van der Waals surface area contributed by atoms with Gasteiger partial charge in [0.15, 0.2) is 6.17 Å². The molecular weight excluding hydrogens is 322 g/mol. The van der Waals surface area contributed by atoms with Gasteiger partial charge in [0, 0.05) is 17.7 Å². The first-order valence-corrected chi connectivity index (χ1v) is 8.95. The quantitative estimate of drug-likeness (QED) is 0.911. The van der Waals surface area contributed by atoms with E-state index >= 15 is 0 Å². The molecule has 26 heavy (non-hydrogen) atoms. The van der Waals surface area contributed by atoms with Crippen LogP contribution < -0.4 is 0 Å². The molecule has 2 aromatic rings. The van der Waals surface area contributed by atoms with E-state index in [1.807, 2.05) is 26.2 Å². The van der Waals surface area contributed by atoms with Crippen LogP contribution in [0.1, 0.15) is 37.5 Å². The van der Waals surface area contributed by atoms with Crippen LogP contribution in [0.4, 0.5) is 0 Å².